The van der Waals surface area contributed by atoms with E-state index in [2.05, 4.69) is 21.6 Å². The molecule has 0 saturated heterocycles. The maximum Gasteiger partial charge on any atom is 0.243 e. The van der Waals surface area contributed by atoms with Crippen LogP contribution in [-0.4, -0.2) is 23.0 Å². The third kappa shape index (κ3) is 3.47. The fourth-order valence-corrected chi connectivity index (χ4v) is 3.76. The molecule has 0 aromatic carbocycles. The normalized spacial score (nSPS) is 11.9. The predicted molar refractivity (Wildman–Crippen MR) is 92.9 cm³/mol. The summed E-state index contributed by atoms with van der Waals surface area (Å²) in [6.45, 7) is 3.01. The van der Waals surface area contributed by atoms with E-state index in [0.717, 1.165) is 19.4 Å². The SMILES string of the molecule is CCCCn1cc(S(=O)(=O)NCc2ccccn2)c2cccnc21. The monoisotopic (exact) mass is 344 g/mol. The van der Waals surface area contributed by atoms with Gasteiger partial charge in [0, 0.05) is 30.5 Å². The molecule has 0 atom stereocenters. The van der Waals surface area contributed by atoms with Gasteiger partial charge in [-0.2, -0.15) is 0 Å². The molecule has 6 nitrogen and oxygen atoms in total. The molecule has 24 heavy (non-hydrogen) atoms. The summed E-state index contributed by atoms with van der Waals surface area (Å²) in [5.74, 6) is 0. The number of aryl methyl sites for hydroxylation is 1. The van der Waals surface area contributed by atoms with Crippen molar-refractivity contribution in [2.24, 2.45) is 0 Å². The van der Waals surface area contributed by atoms with Crippen LogP contribution >= 0.6 is 0 Å². The van der Waals surface area contributed by atoms with Gasteiger partial charge in [-0.1, -0.05) is 19.4 Å². The number of aromatic nitrogens is 3. The lowest BCUT2D eigenvalue weighted by Crippen LogP contribution is -2.23. The third-order valence-corrected chi connectivity index (χ3v) is 5.24. The molecule has 0 fully saturated rings. The lowest BCUT2D eigenvalue weighted by atomic mass is 10.3. The van der Waals surface area contributed by atoms with E-state index in [0.29, 0.717) is 16.7 Å². The second kappa shape index (κ2) is 7.11. The lowest BCUT2D eigenvalue weighted by molar-refractivity contribution is 0.579. The van der Waals surface area contributed by atoms with Crippen LogP contribution in [0.1, 0.15) is 25.5 Å². The Hall–Kier alpha value is -2.25. The van der Waals surface area contributed by atoms with Gasteiger partial charge in [0.15, 0.2) is 0 Å². The minimum absolute atomic E-state index is 0.158. The van der Waals surface area contributed by atoms with Gasteiger partial charge in [0.2, 0.25) is 10.0 Å². The molecule has 0 spiro atoms. The van der Waals surface area contributed by atoms with Crippen LogP contribution < -0.4 is 4.72 Å². The maximum absolute atomic E-state index is 12.7. The number of hydrogen-bond donors (Lipinski definition) is 1. The molecule has 3 aromatic rings. The highest BCUT2D eigenvalue weighted by molar-refractivity contribution is 7.89. The Balaban J connectivity index is 1.92. The molecule has 126 valence electrons. The Morgan fingerprint density at radius 3 is 2.71 bits per heavy atom. The van der Waals surface area contributed by atoms with Crippen LogP contribution in [-0.2, 0) is 23.1 Å². The topological polar surface area (TPSA) is 76.9 Å². The van der Waals surface area contributed by atoms with Crippen molar-refractivity contribution < 1.29 is 8.42 Å². The van der Waals surface area contributed by atoms with Crippen LogP contribution in [0.5, 0.6) is 0 Å². The average molecular weight is 344 g/mol. The highest BCUT2D eigenvalue weighted by Crippen LogP contribution is 2.24. The Morgan fingerprint density at radius 2 is 1.96 bits per heavy atom. The van der Waals surface area contributed by atoms with Crippen molar-refractivity contribution in [3.8, 4) is 0 Å². The molecular weight excluding hydrogens is 324 g/mol. The molecule has 0 unspecified atom stereocenters. The van der Waals surface area contributed by atoms with E-state index in [1.807, 2.05) is 10.6 Å². The fraction of sp³-hybridized carbons (Fsp3) is 0.294. The van der Waals surface area contributed by atoms with E-state index < -0.39 is 10.0 Å². The first-order valence-electron chi connectivity index (χ1n) is 7.95. The van der Waals surface area contributed by atoms with Crippen LogP contribution in [0.4, 0.5) is 0 Å². The van der Waals surface area contributed by atoms with Gasteiger partial charge >= 0.3 is 0 Å². The van der Waals surface area contributed by atoms with Crippen molar-refractivity contribution in [3.05, 3.63) is 54.6 Å². The number of nitrogens with one attached hydrogen (secondary N) is 1. The molecule has 0 aliphatic rings. The summed E-state index contributed by atoms with van der Waals surface area (Å²) in [5, 5.41) is 0.641. The van der Waals surface area contributed by atoms with Crippen LogP contribution in [0.15, 0.2) is 53.8 Å². The molecule has 0 amide bonds. The molecule has 3 aromatic heterocycles. The Labute approximate surface area is 141 Å². The standard InChI is InChI=1S/C17H20N4O2S/c1-2-3-11-21-13-16(15-8-6-10-19-17(15)21)24(22,23)20-12-14-7-4-5-9-18-14/h4-10,13,20H,2-3,11-12H2,1H3. The van der Waals surface area contributed by atoms with Crippen molar-refractivity contribution in [1.29, 1.82) is 0 Å². The van der Waals surface area contributed by atoms with Gasteiger partial charge in [0.25, 0.3) is 0 Å². The molecule has 0 radical (unpaired) electrons. The van der Waals surface area contributed by atoms with Gasteiger partial charge in [0.1, 0.15) is 10.5 Å². The zero-order chi connectivity index (χ0) is 17.0. The van der Waals surface area contributed by atoms with Crippen molar-refractivity contribution in [2.45, 2.75) is 37.8 Å². The molecule has 0 saturated carbocycles. The largest absolute Gasteiger partial charge is 0.331 e. The highest BCUT2D eigenvalue weighted by atomic mass is 32.2. The molecule has 1 N–H and O–H groups in total. The molecule has 0 bridgehead atoms. The van der Waals surface area contributed by atoms with Crippen molar-refractivity contribution in [1.82, 2.24) is 19.3 Å². The van der Waals surface area contributed by atoms with E-state index in [4.69, 9.17) is 0 Å². The first-order valence-corrected chi connectivity index (χ1v) is 9.43. The second-order valence-electron chi connectivity index (χ2n) is 5.56. The molecule has 0 aliphatic heterocycles. The number of rotatable bonds is 7. The van der Waals surface area contributed by atoms with Crippen LogP contribution in [0.3, 0.4) is 0 Å². The van der Waals surface area contributed by atoms with Gasteiger partial charge in [0.05, 0.1) is 12.2 Å². The van der Waals surface area contributed by atoms with Crippen LogP contribution in [0.2, 0.25) is 0 Å². The highest BCUT2D eigenvalue weighted by Gasteiger charge is 2.21. The van der Waals surface area contributed by atoms with E-state index in [9.17, 15) is 8.42 Å². The molecule has 0 aliphatic carbocycles. The molecule has 3 heterocycles. The summed E-state index contributed by atoms with van der Waals surface area (Å²) in [7, 11) is -3.64. The number of nitrogens with zero attached hydrogens (tertiary/aromatic N) is 3. The molecule has 7 heteroatoms. The zero-order valence-electron chi connectivity index (χ0n) is 13.5. The average Bonchev–Trinajstić information content (AvgIpc) is 2.99. The number of fused-ring (bicyclic) bond motifs is 1. The number of hydrogen-bond acceptors (Lipinski definition) is 4. The lowest BCUT2D eigenvalue weighted by Gasteiger charge is -2.05. The summed E-state index contributed by atoms with van der Waals surface area (Å²) >= 11 is 0. The third-order valence-electron chi connectivity index (χ3n) is 3.81. The fourth-order valence-electron chi connectivity index (χ4n) is 2.55. The van der Waals surface area contributed by atoms with Gasteiger partial charge in [-0.15, -0.1) is 0 Å². The van der Waals surface area contributed by atoms with Gasteiger partial charge < -0.3 is 4.57 Å². The molecule has 3 rings (SSSR count). The Kier molecular flexibility index (Phi) is 4.92. The van der Waals surface area contributed by atoms with Crippen LogP contribution in [0.25, 0.3) is 11.0 Å². The smallest absolute Gasteiger partial charge is 0.243 e. The number of pyridine rings is 2. The summed E-state index contributed by atoms with van der Waals surface area (Å²) in [5.41, 5.74) is 1.37. The number of unbranched alkanes of at least 4 members (excludes halogenated alkanes) is 1. The van der Waals surface area contributed by atoms with Crippen molar-refractivity contribution in [3.63, 3.8) is 0 Å². The van der Waals surface area contributed by atoms with E-state index in [1.54, 1.807) is 42.9 Å². The van der Waals surface area contributed by atoms with Gasteiger partial charge in [-0.3, -0.25) is 4.98 Å². The van der Waals surface area contributed by atoms with Crippen LogP contribution in [0, 0.1) is 0 Å². The van der Waals surface area contributed by atoms with Gasteiger partial charge in [-0.05, 0) is 30.7 Å². The van der Waals surface area contributed by atoms with Crippen molar-refractivity contribution in [2.75, 3.05) is 0 Å². The Bertz CT molecular complexity index is 920. The predicted octanol–water partition coefficient (Wildman–Crippen LogP) is 2.71. The quantitative estimate of drug-likeness (QED) is 0.715. The molecular formula is C17H20N4O2S. The van der Waals surface area contributed by atoms with Gasteiger partial charge in [-0.25, -0.2) is 18.1 Å². The first-order chi connectivity index (χ1) is 11.6. The van der Waals surface area contributed by atoms with Crippen molar-refractivity contribution >= 4 is 21.1 Å². The van der Waals surface area contributed by atoms with E-state index in [-0.39, 0.29) is 11.4 Å². The Morgan fingerprint density at radius 1 is 1.12 bits per heavy atom. The first kappa shape index (κ1) is 16.6. The summed E-state index contributed by atoms with van der Waals surface area (Å²) in [4.78, 5) is 8.75. The zero-order valence-corrected chi connectivity index (χ0v) is 14.3. The van der Waals surface area contributed by atoms with E-state index >= 15 is 0 Å². The second-order valence-corrected chi connectivity index (χ2v) is 7.30. The number of sulfonamides is 1. The maximum atomic E-state index is 12.7. The summed E-state index contributed by atoms with van der Waals surface area (Å²) < 4.78 is 30.0. The minimum atomic E-state index is -3.64. The summed E-state index contributed by atoms with van der Waals surface area (Å²) in [6.07, 6.45) is 7.01. The minimum Gasteiger partial charge on any atom is -0.331 e. The summed E-state index contributed by atoms with van der Waals surface area (Å²) in [6, 6.07) is 8.96. The van der Waals surface area contributed by atoms with E-state index in [1.165, 1.54) is 0 Å².